The van der Waals surface area contributed by atoms with Crippen molar-refractivity contribution in [3.63, 3.8) is 0 Å². The van der Waals surface area contributed by atoms with Gasteiger partial charge in [-0.1, -0.05) is 11.6 Å². The van der Waals surface area contributed by atoms with Gasteiger partial charge >= 0.3 is 0 Å². The Bertz CT molecular complexity index is 467. The maximum Gasteiger partial charge on any atom is 0.237 e. The van der Waals surface area contributed by atoms with E-state index in [9.17, 15) is 4.79 Å². The molecule has 0 spiro atoms. The standard InChI is InChI=1S/C12H18ClN5O/c1-15-12(19)10-3-2-6-18(10)7-9-8(13)4-5-11(16-9)17-14/h4-5,10H,2-3,6-7,14H2,1H3,(H,15,19)(H,16,17). The lowest BCUT2D eigenvalue weighted by atomic mass is 10.2. The fourth-order valence-corrected chi connectivity index (χ4v) is 2.51. The van der Waals surface area contributed by atoms with E-state index in [0.717, 1.165) is 25.1 Å². The van der Waals surface area contributed by atoms with E-state index < -0.39 is 0 Å². The first-order chi connectivity index (χ1) is 9.15. The van der Waals surface area contributed by atoms with Gasteiger partial charge in [0.1, 0.15) is 5.82 Å². The Kier molecular flexibility index (Phi) is 4.57. The van der Waals surface area contributed by atoms with Crippen LogP contribution in [0.25, 0.3) is 0 Å². The lowest BCUT2D eigenvalue weighted by molar-refractivity contribution is -0.125. The summed E-state index contributed by atoms with van der Waals surface area (Å²) in [7, 11) is 1.66. The molecule has 1 unspecified atom stereocenters. The highest BCUT2D eigenvalue weighted by molar-refractivity contribution is 6.31. The first-order valence-electron chi connectivity index (χ1n) is 6.23. The van der Waals surface area contributed by atoms with Crippen LogP contribution >= 0.6 is 11.6 Å². The van der Waals surface area contributed by atoms with Gasteiger partial charge in [0.2, 0.25) is 5.91 Å². The van der Waals surface area contributed by atoms with Gasteiger partial charge in [-0.15, -0.1) is 0 Å². The summed E-state index contributed by atoms with van der Waals surface area (Å²) < 4.78 is 0. The number of anilines is 1. The molecule has 0 aromatic carbocycles. The van der Waals surface area contributed by atoms with E-state index in [4.69, 9.17) is 17.4 Å². The number of nitrogen functional groups attached to an aromatic ring is 1. The van der Waals surface area contributed by atoms with Crippen molar-refractivity contribution in [1.29, 1.82) is 0 Å². The number of carbonyl (C=O) groups excluding carboxylic acids is 1. The number of likely N-dealkylation sites (N-methyl/N-ethyl adjacent to an activating group) is 1. The molecule has 0 bridgehead atoms. The van der Waals surface area contributed by atoms with Crippen molar-refractivity contribution in [2.75, 3.05) is 19.0 Å². The number of nitrogens with zero attached hydrogens (tertiary/aromatic N) is 2. The molecule has 1 aromatic heterocycles. The molecule has 0 aliphatic carbocycles. The second-order valence-corrected chi connectivity index (χ2v) is 4.92. The lowest BCUT2D eigenvalue weighted by Gasteiger charge is -2.23. The van der Waals surface area contributed by atoms with E-state index in [-0.39, 0.29) is 11.9 Å². The SMILES string of the molecule is CNC(=O)C1CCCN1Cc1nc(NN)ccc1Cl. The molecule has 7 heteroatoms. The number of hydrogen-bond acceptors (Lipinski definition) is 5. The predicted molar refractivity (Wildman–Crippen MR) is 74.6 cm³/mol. The van der Waals surface area contributed by atoms with Crippen molar-refractivity contribution in [3.8, 4) is 0 Å². The average Bonchev–Trinajstić information content (AvgIpc) is 2.88. The van der Waals surface area contributed by atoms with Gasteiger partial charge in [-0.25, -0.2) is 10.8 Å². The van der Waals surface area contributed by atoms with Gasteiger partial charge in [0.15, 0.2) is 0 Å². The van der Waals surface area contributed by atoms with Crippen LogP contribution in [-0.2, 0) is 11.3 Å². The molecule has 0 radical (unpaired) electrons. The second kappa shape index (κ2) is 6.18. The van der Waals surface area contributed by atoms with Crippen molar-refractivity contribution in [2.45, 2.75) is 25.4 Å². The Morgan fingerprint density at radius 2 is 2.42 bits per heavy atom. The van der Waals surface area contributed by atoms with Crippen LogP contribution in [0.15, 0.2) is 12.1 Å². The molecule has 1 fully saturated rings. The van der Waals surface area contributed by atoms with Gasteiger partial charge in [-0.05, 0) is 31.5 Å². The Labute approximate surface area is 117 Å². The smallest absolute Gasteiger partial charge is 0.237 e. The lowest BCUT2D eigenvalue weighted by Crippen LogP contribution is -2.41. The minimum atomic E-state index is -0.0997. The van der Waals surface area contributed by atoms with Crippen LogP contribution < -0.4 is 16.6 Å². The predicted octanol–water partition coefficient (Wildman–Crippen LogP) is 0.731. The molecule has 4 N–H and O–H groups in total. The number of pyridine rings is 1. The molecule has 0 saturated carbocycles. The molecule has 19 heavy (non-hydrogen) atoms. The third-order valence-electron chi connectivity index (χ3n) is 3.33. The summed E-state index contributed by atoms with van der Waals surface area (Å²) in [5.41, 5.74) is 3.23. The van der Waals surface area contributed by atoms with E-state index in [1.54, 1.807) is 19.2 Å². The molecule has 1 amide bonds. The van der Waals surface area contributed by atoms with Gasteiger partial charge in [-0.2, -0.15) is 0 Å². The maximum atomic E-state index is 11.8. The van der Waals surface area contributed by atoms with Crippen molar-refractivity contribution in [2.24, 2.45) is 5.84 Å². The number of halogens is 1. The summed E-state index contributed by atoms with van der Waals surface area (Å²) in [5.74, 6) is 5.95. The number of rotatable bonds is 4. The van der Waals surface area contributed by atoms with Crippen molar-refractivity contribution in [3.05, 3.63) is 22.8 Å². The van der Waals surface area contributed by atoms with Crippen LogP contribution in [0.4, 0.5) is 5.82 Å². The van der Waals surface area contributed by atoms with E-state index in [2.05, 4.69) is 20.6 Å². The van der Waals surface area contributed by atoms with Crippen molar-refractivity contribution >= 4 is 23.3 Å². The van der Waals surface area contributed by atoms with Gasteiger partial charge < -0.3 is 10.7 Å². The highest BCUT2D eigenvalue weighted by Gasteiger charge is 2.30. The normalized spacial score (nSPS) is 19.4. The van der Waals surface area contributed by atoms with E-state index in [1.165, 1.54) is 0 Å². The summed E-state index contributed by atoms with van der Waals surface area (Å²) >= 11 is 6.13. The van der Waals surface area contributed by atoms with Crippen LogP contribution in [0.3, 0.4) is 0 Å². The monoisotopic (exact) mass is 283 g/mol. The van der Waals surface area contributed by atoms with E-state index in [0.29, 0.717) is 17.4 Å². The third-order valence-corrected chi connectivity index (χ3v) is 3.68. The number of hydrazine groups is 1. The highest BCUT2D eigenvalue weighted by atomic mass is 35.5. The zero-order valence-corrected chi connectivity index (χ0v) is 11.6. The minimum absolute atomic E-state index is 0.0433. The third kappa shape index (κ3) is 3.15. The molecule has 1 aliphatic heterocycles. The highest BCUT2D eigenvalue weighted by Crippen LogP contribution is 2.23. The number of nitrogens with two attached hydrogens (primary N) is 1. The van der Waals surface area contributed by atoms with Crippen molar-refractivity contribution in [1.82, 2.24) is 15.2 Å². The molecule has 1 aliphatic rings. The van der Waals surface area contributed by atoms with Crippen LogP contribution in [0.5, 0.6) is 0 Å². The zero-order valence-electron chi connectivity index (χ0n) is 10.8. The zero-order chi connectivity index (χ0) is 13.8. The van der Waals surface area contributed by atoms with Crippen LogP contribution in [0.1, 0.15) is 18.5 Å². The second-order valence-electron chi connectivity index (χ2n) is 4.51. The van der Waals surface area contributed by atoms with E-state index in [1.807, 2.05) is 0 Å². The fraction of sp³-hybridized carbons (Fsp3) is 0.500. The molecule has 2 heterocycles. The molecule has 104 valence electrons. The van der Waals surface area contributed by atoms with Gasteiger partial charge in [0.05, 0.1) is 16.8 Å². The summed E-state index contributed by atoms with van der Waals surface area (Å²) in [6, 6.07) is 3.37. The van der Waals surface area contributed by atoms with Crippen molar-refractivity contribution < 1.29 is 4.79 Å². The van der Waals surface area contributed by atoms with Gasteiger partial charge in [0, 0.05) is 13.6 Å². The molecule has 1 aromatic rings. The Morgan fingerprint density at radius 1 is 1.63 bits per heavy atom. The maximum absolute atomic E-state index is 11.8. The first-order valence-corrected chi connectivity index (χ1v) is 6.61. The number of hydrogen-bond donors (Lipinski definition) is 3. The Balaban J connectivity index is 2.14. The van der Waals surface area contributed by atoms with Crippen LogP contribution in [-0.4, -0.2) is 35.4 Å². The van der Waals surface area contributed by atoms with E-state index >= 15 is 0 Å². The number of aromatic nitrogens is 1. The first kappa shape index (κ1) is 14.0. The molecule has 2 rings (SSSR count). The molecule has 1 atom stereocenters. The van der Waals surface area contributed by atoms with Crippen LogP contribution in [0.2, 0.25) is 5.02 Å². The number of carbonyl (C=O) groups is 1. The van der Waals surface area contributed by atoms with Gasteiger partial charge in [0.25, 0.3) is 0 Å². The minimum Gasteiger partial charge on any atom is -0.358 e. The topological polar surface area (TPSA) is 83.3 Å². The summed E-state index contributed by atoms with van der Waals surface area (Å²) in [5, 5.41) is 3.28. The molecule has 6 nitrogen and oxygen atoms in total. The molecular formula is C12H18ClN5O. The number of likely N-dealkylation sites (tertiary alicyclic amines) is 1. The quantitative estimate of drug-likeness (QED) is 0.560. The van der Waals surface area contributed by atoms with Crippen LogP contribution in [0, 0.1) is 0 Å². The summed E-state index contributed by atoms with van der Waals surface area (Å²) in [6.45, 7) is 1.42. The number of nitrogens with one attached hydrogen (secondary N) is 2. The molecular weight excluding hydrogens is 266 g/mol. The fourth-order valence-electron chi connectivity index (χ4n) is 2.35. The Hall–Kier alpha value is -1.37. The average molecular weight is 284 g/mol. The largest absolute Gasteiger partial charge is 0.358 e. The summed E-state index contributed by atoms with van der Waals surface area (Å²) in [4.78, 5) is 18.2. The van der Waals surface area contributed by atoms with Gasteiger partial charge in [-0.3, -0.25) is 9.69 Å². The Morgan fingerprint density at radius 3 is 3.11 bits per heavy atom. The summed E-state index contributed by atoms with van der Waals surface area (Å²) in [6.07, 6.45) is 1.87. The number of amides is 1. The molecule has 1 saturated heterocycles.